The van der Waals surface area contributed by atoms with Crippen LogP contribution in [0.1, 0.15) is 20.8 Å². The number of carboxylic acids is 1. The van der Waals surface area contributed by atoms with Gasteiger partial charge in [0.1, 0.15) is 9.88 Å². The summed E-state index contributed by atoms with van der Waals surface area (Å²) >= 11 is 6.71. The van der Waals surface area contributed by atoms with Crippen molar-refractivity contribution < 1.29 is 18.3 Å². The van der Waals surface area contributed by atoms with Crippen molar-refractivity contribution in [1.29, 1.82) is 0 Å². The fourth-order valence-corrected chi connectivity index (χ4v) is 4.50. The minimum absolute atomic E-state index is 0.0675. The third kappa shape index (κ3) is 3.37. The molecule has 112 valence electrons. The van der Waals surface area contributed by atoms with Crippen LogP contribution >= 0.6 is 22.9 Å². The molecule has 0 spiro atoms. The van der Waals surface area contributed by atoms with Crippen molar-refractivity contribution >= 4 is 43.9 Å². The lowest BCUT2D eigenvalue weighted by molar-refractivity contribution is 0.0701. The van der Waals surface area contributed by atoms with E-state index < -0.39 is 16.0 Å². The maximum atomic E-state index is 12.4. The van der Waals surface area contributed by atoms with E-state index in [0.717, 1.165) is 11.3 Å². The van der Waals surface area contributed by atoms with Gasteiger partial charge in [0.25, 0.3) is 10.0 Å². The molecule has 0 unspecified atom stereocenters. The number of aryl methyl sites for hydroxylation is 2. The molecule has 2 aromatic rings. The average molecular weight is 346 g/mol. The lowest BCUT2D eigenvalue weighted by Gasteiger charge is -2.09. The molecule has 0 fully saturated rings. The second-order valence-corrected chi connectivity index (χ2v) is 7.58. The number of benzene rings is 1. The second-order valence-electron chi connectivity index (χ2n) is 4.44. The first kappa shape index (κ1) is 15.8. The number of thiophene rings is 1. The molecule has 0 amide bonds. The maximum Gasteiger partial charge on any atom is 0.346 e. The summed E-state index contributed by atoms with van der Waals surface area (Å²) < 4.78 is 27.1. The molecule has 0 radical (unpaired) electrons. The summed E-state index contributed by atoms with van der Waals surface area (Å²) in [6, 6.07) is 6.07. The monoisotopic (exact) mass is 345 g/mol. The van der Waals surface area contributed by atoms with Crippen LogP contribution in [0.4, 0.5) is 5.00 Å². The third-order valence-electron chi connectivity index (χ3n) is 2.79. The average Bonchev–Trinajstić information content (AvgIpc) is 2.72. The summed E-state index contributed by atoms with van der Waals surface area (Å²) in [6.07, 6.45) is 0. The smallest absolute Gasteiger partial charge is 0.346 e. The van der Waals surface area contributed by atoms with E-state index >= 15 is 0 Å². The van der Waals surface area contributed by atoms with E-state index in [1.165, 1.54) is 12.1 Å². The molecule has 1 aromatic heterocycles. The zero-order chi connectivity index (χ0) is 15.8. The maximum absolute atomic E-state index is 12.4. The van der Waals surface area contributed by atoms with Gasteiger partial charge in [-0.15, -0.1) is 11.3 Å². The Morgan fingerprint density at radius 2 is 1.90 bits per heavy atom. The number of rotatable bonds is 4. The zero-order valence-corrected chi connectivity index (χ0v) is 13.6. The van der Waals surface area contributed by atoms with Crippen molar-refractivity contribution in [3.05, 3.63) is 45.3 Å². The molecule has 21 heavy (non-hydrogen) atoms. The SMILES string of the molecule is Cc1ccc(Cl)cc1S(=O)(=O)Nc1cc(C)c(C(=O)O)s1. The van der Waals surface area contributed by atoms with E-state index in [4.69, 9.17) is 16.7 Å². The van der Waals surface area contributed by atoms with Crippen molar-refractivity contribution in [2.24, 2.45) is 0 Å². The molecule has 1 heterocycles. The number of sulfonamides is 1. The first-order valence-corrected chi connectivity index (χ1v) is 8.51. The topological polar surface area (TPSA) is 83.5 Å². The first-order chi connectivity index (χ1) is 9.70. The summed E-state index contributed by atoms with van der Waals surface area (Å²) in [5, 5.41) is 9.56. The van der Waals surface area contributed by atoms with Crippen LogP contribution in [0.5, 0.6) is 0 Å². The molecule has 0 aliphatic heterocycles. The van der Waals surface area contributed by atoms with Crippen molar-refractivity contribution in [3.63, 3.8) is 0 Å². The molecular formula is C13H12ClNO4S2. The van der Waals surface area contributed by atoms with Gasteiger partial charge < -0.3 is 5.11 Å². The van der Waals surface area contributed by atoms with Crippen LogP contribution in [0.2, 0.25) is 5.02 Å². The Morgan fingerprint density at radius 1 is 1.24 bits per heavy atom. The first-order valence-electron chi connectivity index (χ1n) is 5.83. The van der Waals surface area contributed by atoms with E-state index in [1.807, 2.05) is 0 Å². The zero-order valence-electron chi connectivity index (χ0n) is 11.2. The van der Waals surface area contributed by atoms with Crippen LogP contribution in [0.25, 0.3) is 0 Å². The molecule has 8 heteroatoms. The molecular weight excluding hydrogens is 334 g/mol. The van der Waals surface area contributed by atoms with E-state index in [0.29, 0.717) is 16.1 Å². The van der Waals surface area contributed by atoms with E-state index in [-0.39, 0.29) is 14.8 Å². The minimum Gasteiger partial charge on any atom is -0.477 e. The highest BCUT2D eigenvalue weighted by atomic mass is 35.5. The highest BCUT2D eigenvalue weighted by Gasteiger charge is 2.20. The normalized spacial score (nSPS) is 11.4. The quantitative estimate of drug-likeness (QED) is 0.888. The summed E-state index contributed by atoms with van der Waals surface area (Å²) in [5.74, 6) is -1.08. The largest absolute Gasteiger partial charge is 0.477 e. The Balaban J connectivity index is 2.40. The van der Waals surface area contributed by atoms with Gasteiger partial charge in [-0.2, -0.15) is 0 Å². The molecule has 0 aliphatic carbocycles. The standard InChI is InChI=1S/C13H12ClNO4S2/c1-7-3-4-9(14)6-10(7)21(18,19)15-11-5-8(2)12(20-11)13(16)17/h3-6,15H,1-2H3,(H,16,17). The molecule has 0 aliphatic rings. The Bertz CT molecular complexity index is 812. The number of hydrogen-bond acceptors (Lipinski definition) is 4. The minimum atomic E-state index is -3.81. The summed E-state index contributed by atoms with van der Waals surface area (Å²) in [4.78, 5) is 11.2. The number of halogens is 1. The van der Waals surface area contributed by atoms with Gasteiger partial charge in [-0.05, 0) is 43.2 Å². The van der Waals surface area contributed by atoms with Gasteiger partial charge in [0.15, 0.2) is 0 Å². The predicted octanol–water partition coefficient (Wildman–Crippen LogP) is 3.52. The number of carbonyl (C=O) groups is 1. The number of hydrogen-bond donors (Lipinski definition) is 2. The molecule has 2 N–H and O–H groups in total. The van der Waals surface area contributed by atoms with E-state index in [2.05, 4.69) is 4.72 Å². The molecule has 0 saturated heterocycles. The lowest BCUT2D eigenvalue weighted by Crippen LogP contribution is -2.13. The van der Waals surface area contributed by atoms with Gasteiger partial charge in [0.2, 0.25) is 0 Å². The van der Waals surface area contributed by atoms with Gasteiger partial charge in [-0.25, -0.2) is 13.2 Å². The molecule has 0 saturated carbocycles. The number of carboxylic acid groups (broad SMARTS) is 1. The van der Waals surface area contributed by atoms with Crippen molar-refractivity contribution in [2.45, 2.75) is 18.7 Å². The van der Waals surface area contributed by atoms with Gasteiger partial charge >= 0.3 is 5.97 Å². The van der Waals surface area contributed by atoms with Gasteiger partial charge in [-0.3, -0.25) is 4.72 Å². The number of aromatic carboxylic acids is 1. The highest BCUT2D eigenvalue weighted by molar-refractivity contribution is 7.93. The Morgan fingerprint density at radius 3 is 2.48 bits per heavy atom. The highest BCUT2D eigenvalue weighted by Crippen LogP contribution is 2.30. The molecule has 5 nitrogen and oxygen atoms in total. The van der Waals surface area contributed by atoms with Crippen LogP contribution in [-0.2, 0) is 10.0 Å². The molecule has 0 bridgehead atoms. The second kappa shape index (κ2) is 5.67. The van der Waals surface area contributed by atoms with Crippen LogP contribution < -0.4 is 4.72 Å². The van der Waals surface area contributed by atoms with Crippen molar-refractivity contribution in [2.75, 3.05) is 4.72 Å². The predicted molar refractivity (Wildman–Crippen MR) is 83.0 cm³/mol. The van der Waals surface area contributed by atoms with Crippen LogP contribution in [0.3, 0.4) is 0 Å². The summed E-state index contributed by atoms with van der Waals surface area (Å²) in [7, 11) is -3.81. The fourth-order valence-electron chi connectivity index (χ4n) is 1.80. The van der Waals surface area contributed by atoms with E-state index in [1.54, 1.807) is 26.0 Å². The number of anilines is 1. The van der Waals surface area contributed by atoms with Crippen molar-refractivity contribution in [1.82, 2.24) is 0 Å². The lowest BCUT2D eigenvalue weighted by atomic mass is 10.2. The Hall–Kier alpha value is -1.57. The van der Waals surface area contributed by atoms with Crippen LogP contribution in [0, 0.1) is 13.8 Å². The van der Waals surface area contributed by atoms with Gasteiger partial charge in [0.05, 0.1) is 4.90 Å². The Labute approximate surface area is 131 Å². The van der Waals surface area contributed by atoms with E-state index in [9.17, 15) is 13.2 Å². The summed E-state index contributed by atoms with van der Waals surface area (Å²) in [6.45, 7) is 3.27. The molecule has 2 rings (SSSR count). The third-order valence-corrected chi connectivity index (χ3v) is 5.80. The van der Waals surface area contributed by atoms with Crippen LogP contribution in [-0.4, -0.2) is 19.5 Å². The molecule has 1 aromatic carbocycles. The number of nitrogens with one attached hydrogen (secondary N) is 1. The summed E-state index contributed by atoms with van der Waals surface area (Å²) in [5.41, 5.74) is 1.06. The van der Waals surface area contributed by atoms with Crippen LogP contribution in [0.15, 0.2) is 29.2 Å². The fraction of sp³-hybridized carbons (Fsp3) is 0.154. The van der Waals surface area contributed by atoms with Gasteiger partial charge in [0, 0.05) is 5.02 Å². The molecule has 0 atom stereocenters. The van der Waals surface area contributed by atoms with Crippen molar-refractivity contribution in [3.8, 4) is 0 Å². The Kier molecular flexibility index (Phi) is 4.27. The van der Waals surface area contributed by atoms with Gasteiger partial charge in [-0.1, -0.05) is 17.7 Å².